The Bertz CT molecular complexity index is 1170. The van der Waals surface area contributed by atoms with Gasteiger partial charge in [0.25, 0.3) is 0 Å². The van der Waals surface area contributed by atoms with E-state index in [4.69, 9.17) is 33.2 Å². The van der Waals surface area contributed by atoms with Gasteiger partial charge in [-0.25, -0.2) is 0 Å². The van der Waals surface area contributed by atoms with Crippen LogP contribution in [0.3, 0.4) is 0 Å². The maximum atomic E-state index is 6.72. The second kappa shape index (κ2) is 8.65. The predicted molar refractivity (Wildman–Crippen MR) is 125 cm³/mol. The number of ether oxygens (including phenoxy) is 7. The van der Waals surface area contributed by atoms with Crippen LogP contribution in [-0.2, 0) is 5.60 Å². The third-order valence-electron chi connectivity index (χ3n) is 6.03. The van der Waals surface area contributed by atoms with Crippen LogP contribution in [0.25, 0.3) is 11.1 Å². The molecule has 0 aromatic heterocycles. The lowest BCUT2D eigenvalue weighted by molar-refractivity contribution is 0.126. The molecule has 3 aromatic rings. The minimum Gasteiger partial charge on any atom is -0.493 e. The molecule has 0 N–H and O–H groups in total. The first-order valence-corrected chi connectivity index (χ1v) is 10.4. The fourth-order valence-corrected chi connectivity index (χ4v) is 4.48. The Kier molecular flexibility index (Phi) is 5.89. The van der Waals surface area contributed by atoms with Crippen molar-refractivity contribution in [3.63, 3.8) is 0 Å². The molecule has 0 amide bonds. The van der Waals surface area contributed by atoms with E-state index in [0.29, 0.717) is 45.8 Å². The Morgan fingerprint density at radius 1 is 0.606 bits per heavy atom. The van der Waals surface area contributed by atoms with E-state index < -0.39 is 5.60 Å². The topological polar surface area (TPSA) is 64.6 Å². The van der Waals surface area contributed by atoms with Crippen molar-refractivity contribution in [2.24, 2.45) is 0 Å². The zero-order chi connectivity index (χ0) is 23.8. The van der Waals surface area contributed by atoms with Gasteiger partial charge in [0.1, 0.15) is 5.75 Å². The van der Waals surface area contributed by atoms with Gasteiger partial charge in [-0.05, 0) is 18.6 Å². The fraction of sp³-hybridized carbons (Fsp3) is 0.308. The fourth-order valence-electron chi connectivity index (χ4n) is 4.48. The van der Waals surface area contributed by atoms with Crippen LogP contribution in [0.2, 0.25) is 0 Å². The highest BCUT2D eigenvalue weighted by Crippen LogP contribution is 2.61. The van der Waals surface area contributed by atoms with E-state index in [9.17, 15) is 0 Å². The SMILES string of the molecule is COc1cc2c(c(OC)c1OC)-c1c(cc(OC)c(OC)c1OC)C(C)(c1ccccc1)O2. The van der Waals surface area contributed by atoms with Gasteiger partial charge in [0, 0.05) is 17.2 Å². The van der Waals surface area contributed by atoms with Gasteiger partial charge < -0.3 is 33.2 Å². The van der Waals surface area contributed by atoms with E-state index in [1.165, 1.54) is 0 Å². The minimum atomic E-state index is -0.874. The van der Waals surface area contributed by atoms with Crippen molar-refractivity contribution in [1.29, 1.82) is 0 Å². The smallest absolute Gasteiger partial charge is 0.204 e. The van der Waals surface area contributed by atoms with Crippen LogP contribution < -0.4 is 33.2 Å². The molecule has 4 rings (SSSR count). The third kappa shape index (κ3) is 3.26. The van der Waals surface area contributed by atoms with Crippen molar-refractivity contribution in [3.05, 3.63) is 53.6 Å². The first-order valence-electron chi connectivity index (χ1n) is 10.4. The van der Waals surface area contributed by atoms with Crippen LogP contribution in [-0.4, -0.2) is 42.7 Å². The number of hydrogen-bond donors (Lipinski definition) is 0. The average molecular weight is 453 g/mol. The van der Waals surface area contributed by atoms with Gasteiger partial charge in [-0.15, -0.1) is 0 Å². The molecular weight excluding hydrogens is 424 g/mol. The highest BCUT2D eigenvalue weighted by Gasteiger charge is 2.44. The van der Waals surface area contributed by atoms with Crippen LogP contribution in [0.5, 0.6) is 40.2 Å². The summed E-state index contributed by atoms with van der Waals surface area (Å²) in [4.78, 5) is 0. The van der Waals surface area contributed by atoms with Crippen molar-refractivity contribution < 1.29 is 33.2 Å². The highest BCUT2D eigenvalue weighted by atomic mass is 16.5. The number of methoxy groups -OCH3 is 6. The highest BCUT2D eigenvalue weighted by molar-refractivity contribution is 5.92. The van der Waals surface area contributed by atoms with E-state index in [0.717, 1.165) is 16.7 Å². The van der Waals surface area contributed by atoms with Gasteiger partial charge >= 0.3 is 0 Å². The van der Waals surface area contributed by atoms with Gasteiger partial charge in [-0.3, -0.25) is 0 Å². The molecule has 0 radical (unpaired) electrons. The molecule has 0 saturated carbocycles. The summed E-state index contributed by atoms with van der Waals surface area (Å²) in [5.74, 6) is 3.48. The van der Waals surface area contributed by atoms with Crippen LogP contribution >= 0.6 is 0 Å². The van der Waals surface area contributed by atoms with Crippen molar-refractivity contribution >= 4 is 0 Å². The molecule has 0 aliphatic carbocycles. The Balaban J connectivity index is 2.20. The molecule has 174 valence electrons. The number of rotatable bonds is 7. The summed E-state index contributed by atoms with van der Waals surface area (Å²) in [6.07, 6.45) is 0. The molecular formula is C26H28O7. The van der Waals surface area contributed by atoms with Crippen LogP contribution in [0.1, 0.15) is 18.1 Å². The summed E-state index contributed by atoms with van der Waals surface area (Å²) in [6.45, 7) is 2.01. The Hall–Kier alpha value is -3.74. The molecule has 1 atom stereocenters. The first-order chi connectivity index (χ1) is 16.0. The standard InChI is InChI=1S/C26H28O7/c1-26(15-11-9-8-10-12-15)16-13-18(27-2)22(29-4)24(31-6)20(16)21-17(33-26)14-19(28-3)23(30-5)25(21)32-7/h8-14H,1-7H3. The summed E-state index contributed by atoms with van der Waals surface area (Å²) in [5.41, 5.74) is 2.36. The Morgan fingerprint density at radius 3 is 1.64 bits per heavy atom. The van der Waals surface area contributed by atoms with Crippen molar-refractivity contribution in [2.45, 2.75) is 12.5 Å². The molecule has 0 bridgehead atoms. The molecule has 33 heavy (non-hydrogen) atoms. The van der Waals surface area contributed by atoms with Crippen molar-refractivity contribution in [3.8, 4) is 51.4 Å². The van der Waals surface area contributed by atoms with E-state index in [-0.39, 0.29) is 0 Å². The summed E-state index contributed by atoms with van der Waals surface area (Å²) in [7, 11) is 9.49. The first kappa shape index (κ1) is 22.5. The predicted octanol–water partition coefficient (Wildman–Crippen LogP) is 5.06. The van der Waals surface area contributed by atoms with Crippen LogP contribution in [0, 0.1) is 0 Å². The molecule has 1 aliphatic heterocycles. The zero-order valence-corrected chi connectivity index (χ0v) is 19.9. The van der Waals surface area contributed by atoms with Crippen molar-refractivity contribution in [2.75, 3.05) is 42.7 Å². The van der Waals surface area contributed by atoms with Gasteiger partial charge in [0.15, 0.2) is 28.6 Å². The average Bonchev–Trinajstić information content (AvgIpc) is 2.86. The Morgan fingerprint density at radius 2 is 1.12 bits per heavy atom. The summed E-state index contributed by atoms with van der Waals surface area (Å²) >= 11 is 0. The summed E-state index contributed by atoms with van der Waals surface area (Å²) < 4.78 is 41.0. The lowest BCUT2D eigenvalue weighted by atomic mass is 9.79. The quantitative estimate of drug-likeness (QED) is 0.496. The van der Waals surface area contributed by atoms with E-state index in [1.54, 1.807) is 48.7 Å². The molecule has 1 aliphatic rings. The molecule has 0 spiro atoms. The molecule has 0 fully saturated rings. The largest absolute Gasteiger partial charge is 0.493 e. The summed E-state index contributed by atoms with van der Waals surface area (Å²) in [5, 5.41) is 0. The molecule has 7 nitrogen and oxygen atoms in total. The van der Waals surface area contributed by atoms with Gasteiger partial charge in [0.2, 0.25) is 11.5 Å². The van der Waals surface area contributed by atoms with Gasteiger partial charge in [0.05, 0.1) is 48.2 Å². The van der Waals surface area contributed by atoms with Crippen LogP contribution in [0.15, 0.2) is 42.5 Å². The molecule has 1 heterocycles. The maximum absolute atomic E-state index is 6.72. The lowest BCUT2D eigenvalue weighted by Crippen LogP contribution is -2.34. The monoisotopic (exact) mass is 452 g/mol. The number of hydrogen-bond acceptors (Lipinski definition) is 7. The maximum Gasteiger partial charge on any atom is 0.204 e. The van der Waals surface area contributed by atoms with E-state index in [2.05, 4.69) is 0 Å². The van der Waals surface area contributed by atoms with Gasteiger partial charge in [-0.1, -0.05) is 30.3 Å². The molecule has 3 aromatic carbocycles. The second-order valence-electron chi connectivity index (χ2n) is 7.59. The van der Waals surface area contributed by atoms with E-state index in [1.807, 2.05) is 43.3 Å². The second-order valence-corrected chi connectivity index (χ2v) is 7.59. The molecule has 0 saturated heterocycles. The van der Waals surface area contributed by atoms with Gasteiger partial charge in [-0.2, -0.15) is 0 Å². The Labute approximate surface area is 193 Å². The zero-order valence-electron chi connectivity index (χ0n) is 19.9. The number of fused-ring (bicyclic) bond motifs is 3. The molecule has 7 heteroatoms. The van der Waals surface area contributed by atoms with Crippen molar-refractivity contribution in [1.82, 2.24) is 0 Å². The summed E-state index contributed by atoms with van der Waals surface area (Å²) in [6, 6.07) is 13.7. The minimum absolute atomic E-state index is 0.452. The third-order valence-corrected chi connectivity index (χ3v) is 6.03. The normalized spacial score (nSPS) is 16.1. The number of benzene rings is 3. The van der Waals surface area contributed by atoms with Crippen LogP contribution in [0.4, 0.5) is 0 Å². The molecule has 1 unspecified atom stereocenters. The lowest BCUT2D eigenvalue weighted by Gasteiger charge is -2.40. The van der Waals surface area contributed by atoms with E-state index >= 15 is 0 Å².